The standard InChI is InChI=1S/C11H12ClN3O2/c1-15-10(8(17-2)6-14-15)11(16)7-3-4-13-9(12)5-7/h3-6,11,16H,1-2H3. The lowest BCUT2D eigenvalue weighted by Gasteiger charge is -2.13. The number of pyridine rings is 1. The summed E-state index contributed by atoms with van der Waals surface area (Å²) in [5.41, 5.74) is 1.22. The van der Waals surface area contributed by atoms with Gasteiger partial charge in [-0.15, -0.1) is 0 Å². The van der Waals surface area contributed by atoms with E-state index in [9.17, 15) is 5.11 Å². The highest BCUT2D eigenvalue weighted by Crippen LogP contribution is 2.29. The van der Waals surface area contributed by atoms with E-state index in [1.807, 2.05) is 0 Å². The largest absolute Gasteiger partial charge is 0.493 e. The van der Waals surface area contributed by atoms with E-state index in [2.05, 4.69) is 10.1 Å². The molecule has 2 aromatic rings. The number of hydrogen-bond donors (Lipinski definition) is 1. The molecule has 0 aliphatic heterocycles. The van der Waals surface area contributed by atoms with Gasteiger partial charge in [-0.25, -0.2) is 4.98 Å². The van der Waals surface area contributed by atoms with E-state index in [0.717, 1.165) is 0 Å². The third-order valence-corrected chi connectivity index (χ3v) is 2.70. The molecule has 2 heterocycles. The highest BCUT2D eigenvalue weighted by atomic mass is 35.5. The van der Waals surface area contributed by atoms with Gasteiger partial charge in [-0.05, 0) is 17.7 Å². The van der Waals surface area contributed by atoms with E-state index in [1.165, 1.54) is 7.11 Å². The van der Waals surface area contributed by atoms with Crippen LogP contribution >= 0.6 is 11.6 Å². The predicted octanol–water partition coefficient (Wildman–Crippen LogP) is 1.56. The molecule has 5 nitrogen and oxygen atoms in total. The van der Waals surface area contributed by atoms with E-state index in [-0.39, 0.29) is 0 Å². The van der Waals surface area contributed by atoms with Gasteiger partial charge in [0.25, 0.3) is 0 Å². The average molecular weight is 254 g/mol. The van der Waals surface area contributed by atoms with Gasteiger partial charge in [-0.1, -0.05) is 11.6 Å². The summed E-state index contributed by atoms with van der Waals surface area (Å²) in [5, 5.41) is 14.6. The summed E-state index contributed by atoms with van der Waals surface area (Å²) in [6, 6.07) is 3.31. The van der Waals surface area contributed by atoms with Crippen molar-refractivity contribution in [3.63, 3.8) is 0 Å². The molecule has 0 fully saturated rings. The molecular weight excluding hydrogens is 242 g/mol. The molecule has 0 amide bonds. The molecule has 0 spiro atoms. The smallest absolute Gasteiger partial charge is 0.162 e. The van der Waals surface area contributed by atoms with Crippen LogP contribution in [0.3, 0.4) is 0 Å². The van der Waals surface area contributed by atoms with Crippen LogP contribution in [-0.2, 0) is 7.05 Å². The van der Waals surface area contributed by atoms with Crippen molar-refractivity contribution in [1.82, 2.24) is 14.8 Å². The monoisotopic (exact) mass is 253 g/mol. The number of methoxy groups -OCH3 is 1. The summed E-state index contributed by atoms with van der Waals surface area (Å²) in [4.78, 5) is 3.87. The first-order valence-electron chi connectivity index (χ1n) is 4.99. The number of aromatic nitrogens is 3. The van der Waals surface area contributed by atoms with Crippen LogP contribution in [0.4, 0.5) is 0 Å². The fraction of sp³-hybridized carbons (Fsp3) is 0.273. The summed E-state index contributed by atoms with van der Waals surface area (Å²) in [5.74, 6) is 0.535. The summed E-state index contributed by atoms with van der Waals surface area (Å²) in [7, 11) is 3.27. The van der Waals surface area contributed by atoms with E-state index < -0.39 is 6.10 Å². The van der Waals surface area contributed by atoms with E-state index in [1.54, 1.807) is 36.3 Å². The number of aliphatic hydroxyl groups excluding tert-OH is 1. The number of hydrogen-bond acceptors (Lipinski definition) is 4. The molecule has 0 aliphatic rings. The Balaban J connectivity index is 2.43. The van der Waals surface area contributed by atoms with Crippen molar-refractivity contribution in [2.75, 3.05) is 7.11 Å². The quantitative estimate of drug-likeness (QED) is 0.844. The van der Waals surface area contributed by atoms with Crippen LogP contribution in [0, 0.1) is 0 Å². The summed E-state index contributed by atoms with van der Waals surface area (Å²) < 4.78 is 6.71. The molecule has 2 rings (SSSR count). The third kappa shape index (κ3) is 2.25. The topological polar surface area (TPSA) is 60.2 Å². The summed E-state index contributed by atoms with van der Waals surface area (Å²) in [6.45, 7) is 0. The Morgan fingerprint density at radius 3 is 2.94 bits per heavy atom. The molecule has 2 aromatic heterocycles. The molecule has 0 saturated heterocycles. The van der Waals surface area contributed by atoms with Gasteiger partial charge in [-0.2, -0.15) is 5.10 Å². The number of ether oxygens (including phenoxy) is 1. The van der Waals surface area contributed by atoms with Crippen molar-refractivity contribution in [2.24, 2.45) is 7.05 Å². The second-order valence-electron chi connectivity index (χ2n) is 3.54. The maximum Gasteiger partial charge on any atom is 0.162 e. The third-order valence-electron chi connectivity index (χ3n) is 2.49. The van der Waals surface area contributed by atoms with Crippen molar-refractivity contribution in [1.29, 1.82) is 0 Å². The minimum atomic E-state index is -0.849. The van der Waals surface area contributed by atoms with Crippen LogP contribution in [-0.4, -0.2) is 27.0 Å². The predicted molar refractivity (Wildman–Crippen MR) is 63.1 cm³/mol. The molecule has 90 valence electrons. The van der Waals surface area contributed by atoms with E-state index in [4.69, 9.17) is 16.3 Å². The van der Waals surface area contributed by atoms with Gasteiger partial charge >= 0.3 is 0 Å². The van der Waals surface area contributed by atoms with Gasteiger partial charge in [0.2, 0.25) is 0 Å². The molecule has 6 heteroatoms. The zero-order valence-corrected chi connectivity index (χ0v) is 10.2. The zero-order chi connectivity index (χ0) is 12.4. The number of halogens is 1. The Hall–Kier alpha value is -1.59. The Morgan fingerprint density at radius 2 is 2.29 bits per heavy atom. The molecule has 17 heavy (non-hydrogen) atoms. The van der Waals surface area contributed by atoms with Gasteiger partial charge in [0.05, 0.1) is 13.3 Å². The molecule has 0 saturated carbocycles. The molecule has 0 aromatic carbocycles. The second-order valence-corrected chi connectivity index (χ2v) is 3.92. The molecule has 0 aliphatic carbocycles. The lowest BCUT2D eigenvalue weighted by Crippen LogP contribution is -2.08. The van der Waals surface area contributed by atoms with E-state index >= 15 is 0 Å². The van der Waals surface area contributed by atoms with Crippen molar-refractivity contribution in [3.05, 3.63) is 40.9 Å². The molecule has 1 unspecified atom stereocenters. The van der Waals surface area contributed by atoms with Crippen LogP contribution in [0.2, 0.25) is 5.15 Å². The first-order valence-corrected chi connectivity index (χ1v) is 5.36. The lowest BCUT2D eigenvalue weighted by atomic mass is 10.1. The molecule has 1 atom stereocenters. The maximum absolute atomic E-state index is 10.3. The van der Waals surface area contributed by atoms with Gasteiger partial charge in [0.15, 0.2) is 5.75 Å². The zero-order valence-electron chi connectivity index (χ0n) is 9.46. The minimum absolute atomic E-state index is 0.336. The fourth-order valence-corrected chi connectivity index (χ4v) is 1.82. The highest BCUT2D eigenvalue weighted by molar-refractivity contribution is 6.29. The van der Waals surface area contributed by atoms with Crippen LogP contribution in [0.5, 0.6) is 5.75 Å². The van der Waals surface area contributed by atoms with Gasteiger partial charge in [0.1, 0.15) is 17.0 Å². The Labute approximate surface area is 104 Å². The van der Waals surface area contributed by atoms with Crippen LogP contribution in [0.15, 0.2) is 24.5 Å². The number of nitrogens with zero attached hydrogens (tertiary/aromatic N) is 3. The van der Waals surface area contributed by atoms with Crippen molar-refractivity contribution in [2.45, 2.75) is 6.10 Å². The Kier molecular flexibility index (Phi) is 3.31. The minimum Gasteiger partial charge on any atom is -0.493 e. The fourth-order valence-electron chi connectivity index (χ4n) is 1.64. The van der Waals surface area contributed by atoms with E-state index in [0.29, 0.717) is 22.2 Å². The molecule has 0 radical (unpaired) electrons. The highest BCUT2D eigenvalue weighted by Gasteiger charge is 2.20. The number of aliphatic hydroxyl groups is 1. The lowest BCUT2D eigenvalue weighted by molar-refractivity contribution is 0.204. The first kappa shape index (κ1) is 11.9. The number of aryl methyl sites for hydroxylation is 1. The van der Waals surface area contributed by atoms with Gasteiger partial charge in [0, 0.05) is 13.2 Å². The van der Waals surface area contributed by atoms with Crippen molar-refractivity contribution < 1.29 is 9.84 Å². The molecular formula is C11H12ClN3O2. The van der Waals surface area contributed by atoms with Gasteiger partial charge < -0.3 is 9.84 Å². The number of rotatable bonds is 3. The Morgan fingerprint density at radius 1 is 1.53 bits per heavy atom. The maximum atomic E-state index is 10.3. The first-order chi connectivity index (χ1) is 8.13. The normalized spacial score (nSPS) is 12.5. The van der Waals surface area contributed by atoms with Crippen LogP contribution in [0.1, 0.15) is 17.4 Å². The summed E-state index contributed by atoms with van der Waals surface area (Å²) >= 11 is 5.79. The molecule has 1 N–H and O–H groups in total. The average Bonchev–Trinajstić information content (AvgIpc) is 2.69. The second kappa shape index (κ2) is 4.73. The Bertz CT molecular complexity index is 527. The molecule has 0 bridgehead atoms. The SMILES string of the molecule is COc1cnn(C)c1C(O)c1ccnc(Cl)c1. The summed E-state index contributed by atoms with van der Waals surface area (Å²) in [6.07, 6.45) is 2.25. The van der Waals surface area contributed by atoms with Gasteiger partial charge in [-0.3, -0.25) is 4.68 Å². The van der Waals surface area contributed by atoms with Crippen LogP contribution in [0.25, 0.3) is 0 Å². The van der Waals surface area contributed by atoms with Crippen molar-refractivity contribution >= 4 is 11.6 Å². The van der Waals surface area contributed by atoms with Crippen molar-refractivity contribution in [3.8, 4) is 5.75 Å². The van der Waals surface area contributed by atoms with Crippen LogP contribution < -0.4 is 4.74 Å².